The molecular formula is C12H11N5OS. The molecule has 0 aliphatic carbocycles. The van der Waals surface area contributed by atoms with Crippen LogP contribution >= 0.6 is 11.8 Å². The highest BCUT2D eigenvalue weighted by molar-refractivity contribution is 7.99. The van der Waals surface area contributed by atoms with Gasteiger partial charge in [0.2, 0.25) is 0 Å². The molecule has 1 aromatic carbocycles. The molecule has 0 atom stereocenters. The van der Waals surface area contributed by atoms with Crippen LogP contribution in [0.25, 0.3) is 0 Å². The number of carbonyl (C=O) groups excluding carboxylic acids is 1. The van der Waals surface area contributed by atoms with Crippen LogP contribution in [0.3, 0.4) is 0 Å². The molecule has 1 aliphatic rings. The van der Waals surface area contributed by atoms with Gasteiger partial charge in [-0.05, 0) is 17.7 Å². The number of nitrogens with zero attached hydrogens (tertiary/aromatic N) is 2. The summed E-state index contributed by atoms with van der Waals surface area (Å²) in [6.07, 6.45) is 3.32. The zero-order chi connectivity index (χ0) is 13.2. The van der Waals surface area contributed by atoms with Crippen LogP contribution in [0.5, 0.6) is 0 Å². The van der Waals surface area contributed by atoms with E-state index >= 15 is 0 Å². The van der Waals surface area contributed by atoms with Crippen molar-refractivity contribution in [3.63, 3.8) is 0 Å². The van der Waals surface area contributed by atoms with E-state index < -0.39 is 6.03 Å². The number of aromatic nitrogens is 2. The lowest BCUT2D eigenvalue weighted by Gasteiger charge is -2.19. The third-order valence-corrected chi connectivity index (χ3v) is 3.70. The number of nitrogens with one attached hydrogen (secondary N) is 2. The standard InChI is InChI=1S/C12H11N5OS/c13-12(18)16-6-7-1-2-9-8(5-7)17-10-11(19-9)15-4-3-14-10/h1-5H,6H2,(H,14,17)(H3,13,16,18). The van der Waals surface area contributed by atoms with Gasteiger partial charge in [0, 0.05) is 23.8 Å². The summed E-state index contributed by atoms with van der Waals surface area (Å²) in [6.45, 7) is 0.405. The molecule has 19 heavy (non-hydrogen) atoms. The van der Waals surface area contributed by atoms with Crippen LogP contribution in [-0.4, -0.2) is 16.0 Å². The summed E-state index contributed by atoms with van der Waals surface area (Å²) in [5, 5.41) is 6.65. The first-order valence-corrected chi connectivity index (χ1v) is 6.46. The minimum absolute atomic E-state index is 0.405. The van der Waals surface area contributed by atoms with Gasteiger partial charge in [-0.3, -0.25) is 0 Å². The summed E-state index contributed by atoms with van der Waals surface area (Å²) in [5.41, 5.74) is 6.98. The molecular weight excluding hydrogens is 262 g/mol. The highest BCUT2D eigenvalue weighted by atomic mass is 32.2. The molecule has 96 valence electrons. The van der Waals surface area contributed by atoms with Crippen molar-refractivity contribution in [1.29, 1.82) is 0 Å². The number of anilines is 2. The second-order valence-corrected chi connectivity index (χ2v) is 5.02. The fourth-order valence-corrected chi connectivity index (χ4v) is 2.66. The van der Waals surface area contributed by atoms with Crippen LogP contribution in [0, 0.1) is 0 Å². The Kier molecular flexibility index (Phi) is 2.96. The molecule has 0 saturated carbocycles. The van der Waals surface area contributed by atoms with Gasteiger partial charge in [-0.15, -0.1) is 0 Å². The van der Waals surface area contributed by atoms with Gasteiger partial charge < -0.3 is 16.4 Å². The zero-order valence-corrected chi connectivity index (χ0v) is 10.7. The van der Waals surface area contributed by atoms with Crippen molar-refractivity contribution in [2.75, 3.05) is 5.32 Å². The number of hydrogen-bond acceptors (Lipinski definition) is 5. The Morgan fingerprint density at radius 1 is 1.37 bits per heavy atom. The largest absolute Gasteiger partial charge is 0.352 e. The zero-order valence-electron chi connectivity index (χ0n) is 9.88. The fourth-order valence-electron chi connectivity index (χ4n) is 1.78. The molecule has 1 aromatic heterocycles. The summed E-state index contributed by atoms with van der Waals surface area (Å²) < 4.78 is 0. The molecule has 0 saturated heterocycles. The SMILES string of the molecule is NC(=O)NCc1ccc2c(c1)Nc1nccnc1S2. The summed E-state index contributed by atoms with van der Waals surface area (Å²) >= 11 is 1.57. The number of amides is 2. The van der Waals surface area contributed by atoms with Gasteiger partial charge in [-0.1, -0.05) is 17.8 Å². The van der Waals surface area contributed by atoms with Gasteiger partial charge in [0.1, 0.15) is 5.03 Å². The van der Waals surface area contributed by atoms with Gasteiger partial charge in [0.15, 0.2) is 5.82 Å². The Balaban J connectivity index is 1.85. The first kappa shape index (κ1) is 11.8. The van der Waals surface area contributed by atoms with Gasteiger partial charge in [-0.25, -0.2) is 14.8 Å². The minimum atomic E-state index is -0.531. The number of nitrogens with two attached hydrogens (primary N) is 1. The molecule has 2 amide bonds. The van der Waals surface area contributed by atoms with Crippen LogP contribution < -0.4 is 16.4 Å². The lowest BCUT2D eigenvalue weighted by molar-refractivity contribution is 0.248. The lowest BCUT2D eigenvalue weighted by Crippen LogP contribution is -2.28. The second kappa shape index (κ2) is 4.77. The Bertz CT molecular complexity index is 646. The lowest BCUT2D eigenvalue weighted by atomic mass is 10.2. The van der Waals surface area contributed by atoms with Crippen molar-refractivity contribution in [3.05, 3.63) is 36.2 Å². The van der Waals surface area contributed by atoms with Crippen molar-refractivity contribution in [3.8, 4) is 0 Å². The Morgan fingerprint density at radius 2 is 2.21 bits per heavy atom. The first-order chi connectivity index (χ1) is 9.22. The Hall–Kier alpha value is -2.28. The Labute approximate surface area is 113 Å². The highest BCUT2D eigenvalue weighted by Crippen LogP contribution is 2.41. The number of fused-ring (bicyclic) bond motifs is 2. The van der Waals surface area contributed by atoms with Crippen LogP contribution in [0.4, 0.5) is 16.3 Å². The van der Waals surface area contributed by atoms with E-state index in [1.165, 1.54) is 0 Å². The number of rotatable bonds is 2. The molecule has 0 spiro atoms. The van der Waals surface area contributed by atoms with Crippen LogP contribution in [0.15, 0.2) is 40.5 Å². The maximum atomic E-state index is 10.7. The number of primary amides is 1. The Morgan fingerprint density at radius 3 is 3.05 bits per heavy atom. The van der Waals surface area contributed by atoms with E-state index in [9.17, 15) is 4.79 Å². The molecule has 2 heterocycles. The van der Waals surface area contributed by atoms with E-state index in [2.05, 4.69) is 20.6 Å². The molecule has 7 heteroatoms. The van der Waals surface area contributed by atoms with E-state index in [4.69, 9.17) is 5.73 Å². The molecule has 6 nitrogen and oxygen atoms in total. The summed E-state index contributed by atoms with van der Waals surface area (Å²) in [5.74, 6) is 0.750. The van der Waals surface area contributed by atoms with Gasteiger partial charge in [-0.2, -0.15) is 0 Å². The maximum absolute atomic E-state index is 10.7. The van der Waals surface area contributed by atoms with E-state index in [1.807, 2.05) is 18.2 Å². The first-order valence-electron chi connectivity index (χ1n) is 5.64. The molecule has 3 rings (SSSR count). The van der Waals surface area contributed by atoms with Gasteiger partial charge >= 0.3 is 6.03 Å². The summed E-state index contributed by atoms with van der Waals surface area (Å²) in [4.78, 5) is 20.3. The quantitative estimate of drug-likeness (QED) is 0.662. The molecule has 2 aromatic rings. The summed E-state index contributed by atoms with van der Waals surface area (Å²) in [6, 6.07) is 5.37. The van der Waals surface area contributed by atoms with Crippen molar-refractivity contribution < 1.29 is 4.79 Å². The number of carbonyl (C=O) groups is 1. The molecule has 0 radical (unpaired) electrons. The minimum Gasteiger partial charge on any atom is -0.352 e. The third kappa shape index (κ3) is 2.45. The molecule has 0 bridgehead atoms. The van der Waals surface area contributed by atoms with Crippen LogP contribution in [-0.2, 0) is 6.54 Å². The predicted octanol–water partition coefficient (Wildman–Crippen LogP) is 1.85. The van der Waals surface area contributed by atoms with Crippen molar-refractivity contribution in [1.82, 2.24) is 15.3 Å². The third-order valence-electron chi connectivity index (χ3n) is 2.64. The van der Waals surface area contributed by atoms with E-state index in [-0.39, 0.29) is 0 Å². The number of urea groups is 1. The van der Waals surface area contributed by atoms with Crippen LogP contribution in [0.1, 0.15) is 5.56 Å². The van der Waals surface area contributed by atoms with E-state index in [0.29, 0.717) is 6.54 Å². The summed E-state index contributed by atoms with van der Waals surface area (Å²) in [7, 11) is 0. The van der Waals surface area contributed by atoms with Crippen molar-refractivity contribution >= 4 is 29.3 Å². The number of benzene rings is 1. The molecule has 0 unspecified atom stereocenters. The smallest absolute Gasteiger partial charge is 0.312 e. The number of hydrogen-bond donors (Lipinski definition) is 3. The predicted molar refractivity (Wildman–Crippen MR) is 72.3 cm³/mol. The average molecular weight is 273 g/mol. The average Bonchev–Trinajstić information content (AvgIpc) is 2.42. The van der Waals surface area contributed by atoms with Crippen molar-refractivity contribution in [2.24, 2.45) is 5.73 Å². The van der Waals surface area contributed by atoms with Gasteiger partial charge in [0.05, 0.1) is 5.69 Å². The maximum Gasteiger partial charge on any atom is 0.312 e. The van der Waals surface area contributed by atoms with E-state index in [0.717, 1.165) is 27.0 Å². The molecule has 4 N–H and O–H groups in total. The van der Waals surface area contributed by atoms with Gasteiger partial charge in [0.25, 0.3) is 0 Å². The normalized spacial score (nSPS) is 12.0. The van der Waals surface area contributed by atoms with Crippen molar-refractivity contribution in [2.45, 2.75) is 16.5 Å². The fraction of sp³-hybridized carbons (Fsp3) is 0.0833. The molecule has 0 fully saturated rings. The van der Waals surface area contributed by atoms with E-state index in [1.54, 1.807) is 24.2 Å². The highest BCUT2D eigenvalue weighted by Gasteiger charge is 2.17. The topological polar surface area (TPSA) is 92.9 Å². The van der Waals surface area contributed by atoms with Crippen LogP contribution in [0.2, 0.25) is 0 Å². The molecule has 1 aliphatic heterocycles. The second-order valence-electron chi connectivity index (χ2n) is 3.99. The monoisotopic (exact) mass is 273 g/mol.